The Kier molecular flexibility index (Phi) is 6.79. The molecule has 1 heterocycles. The first kappa shape index (κ1) is 12.1. The van der Waals surface area contributed by atoms with E-state index in [-0.39, 0.29) is 0 Å². The molecule has 0 aromatic carbocycles. The van der Waals surface area contributed by atoms with Crippen LogP contribution in [-0.2, 0) is 11.2 Å². The van der Waals surface area contributed by atoms with Crippen molar-refractivity contribution in [2.24, 2.45) is 0 Å². The van der Waals surface area contributed by atoms with Gasteiger partial charge in [0.15, 0.2) is 0 Å². The van der Waals surface area contributed by atoms with Crippen molar-refractivity contribution in [1.82, 2.24) is 10.3 Å². The lowest BCUT2D eigenvalue weighted by molar-refractivity contribution is 0.137. The number of aromatic nitrogens is 1. The molecule has 3 nitrogen and oxygen atoms in total. The molecule has 84 valence electrons. The van der Waals surface area contributed by atoms with Crippen LogP contribution in [0.25, 0.3) is 0 Å². The summed E-state index contributed by atoms with van der Waals surface area (Å²) in [5.41, 5.74) is 1.14. The summed E-state index contributed by atoms with van der Waals surface area (Å²) in [5, 5.41) is 3.33. The van der Waals surface area contributed by atoms with Gasteiger partial charge < -0.3 is 10.1 Å². The summed E-state index contributed by atoms with van der Waals surface area (Å²) in [6, 6.07) is 6.01. The Bertz CT molecular complexity index is 239. The van der Waals surface area contributed by atoms with Gasteiger partial charge in [0.05, 0.1) is 6.61 Å². The first-order chi connectivity index (χ1) is 7.43. The van der Waals surface area contributed by atoms with Crippen LogP contribution < -0.4 is 5.32 Å². The van der Waals surface area contributed by atoms with Crippen LogP contribution in [0.3, 0.4) is 0 Å². The van der Waals surface area contributed by atoms with Crippen molar-refractivity contribution in [2.45, 2.75) is 19.8 Å². The molecule has 1 N–H and O–H groups in total. The average Bonchev–Trinajstić information content (AvgIpc) is 2.29. The summed E-state index contributed by atoms with van der Waals surface area (Å²) in [4.78, 5) is 4.25. The molecule has 0 saturated carbocycles. The number of rotatable bonds is 8. The fraction of sp³-hybridized carbons (Fsp3) is 0.583. The highest BCUT2D eigenvalue weighted by atomic mass is 16.5. The predicted octanol–water partition coefficient (Wildman–Crippen LogP) is 1.64. The molecule has 0 radical (unpaired) electrons. The minimum Gasteiger partial charge on any atom is -0.380 e. The maximum atomic E-state index is 5.36. The zero-order valence-electron chi connectivity index (χ0n) is 9.41. The number of pyridine rings is 1. The molecule has 0 unspecified atom stereocenters. The van der Waals surface area contributed by atoms with Gasteiger partial charge in [-0.2, -0.15) is 0 Å². The highest BCUT2D eigenvalue weighted by Crippen LogP contribution is 1.92. The fourth-order valence-electron chi connectivity index (χ4n) is 1.28. The summed E-state index contributed by atoms with van der Waals surface area (Å²) in [6.07, 6.45) is 3.91. The van der Waals surface area contributed by atoms with Gasteiger partial charge in [0.1, 0.15) is 0 Å². The predicted molar refractivity (Wildman–Crippen MR) is 61.9 cm³/mol. The molecule has 0 saturated heterocycles. The number of nitrogens with zero attached hydrogens (tertiary/aromatic N) is 1. The summed E-state index contributed by atoms with van der Waals surface area (Å²) < 4.78 is 5.36. The minimum absolute atomic E-state index is 0.802. The lowest BCUT2D eigenvalue weighted by atomic mass is 10.3. The van der Waals surface area contributed by atoms with Crippen LogP contribution in [0.2, 0.25) is 0 Å². The number of hydrogen-bond acceptors (Lipinski definition) is 3. The van der Waals surface area contributed by atoms with Gasteiger partial charge >= 0.3 is 0 Å². The summed E-state index contributed by atoms with van der Waals surface area (Å²) >= 11 is 0. The van der Waals surface area contributed by atoms with Crippen LogP contribution in [0.4, 0.5) is 0 Å². The van der Waals surface area contributed by atoms with Crippen LogP contribution in [0.15, 0.2) is 24.4 Å². The number of ether oxygens (including phenoxy) is 1. The Morgan fingerprint density at radius 3 is 2.93 bits per heavy atom. The van der Waals surface area contributed by atoms with E-state index in [1.54, 1.807) is 0 Å². The fourth-order valence-corrected chi connectivity index (χ4v) is 1.28. The zero-order chi connectivity index (χ0) is 10.8. The van der Waals surface area contributed by atoms with Gasteiger partial charge in [0, 0.05) is 38.0 Å². The van der Waals surface area contributed by atoms with Crippen LogP contribution in [-0.4, -0.2) is 31.3 Å². The Morgan fingerprint density at radius 2 is 2.20 bits per heavy atom. The molecule has 0 bridgehead atoms. The van der Waals surface area contributed by atoms with E-state index in [9.17, 15) is 0 Å². The third-order valence-corrected chi connectivity index (χ3v) is 2.06. The standard InChI is InChI=1S/C12H20N2O/c1-2-10-15-11-9-13-8-6-12-5-3-4-7-14-12/h3-5,7,13H,2,6,8-11H2,1H3. The van der Waals surface area contributed by atoms with Gasteiger partial charge in [-0.05, 0) is 18.6 Å². The summed E-state index contributed by atoms with van der Waals surface area (Å²) in [6.45, 7) is 5.67. The van der Waals surface area contributed by atoms with E-state index in [0.29, 0.717) is 0 Å². The molecule has 0 spiro atoms. The van der Waals surface area contributed by atoms with Gasteiger partial charge in [-0.1, -0.05) is 13.0 Å². The molecular formula is C12H20N2O. The lowest BCUT2D eigenvalue weighted by Crippen LogP contribution is -2.22. The smallest absolute Gasteiger partial charge is 0.0590 e. The highest BCUT2D eigenvalue weighted by molar-refractivity contribution is 5.03. The Balaban J connectivity index is 1.93. The maximum absolute atomic E-state index is 5.36. The second kappa shape index (κ2) is 8.38. The minimum atomic E-state index is 0.802. The average molecular weight is 208 g/mol. The number of nitrogens with one attached hydrogen (secondary N) is 1. The molecule has 1 rings (SSSR count). The van der Waals surface area contributed by atoms with E-state index >= 15 is 0 Å². The monoisotopic (exact) mass is 208 g/mol. The molecule has 0 aliphatic rings. The van der Waals surface area contributed by atoms with E-state index in [1.165, 1.54) is 0 Å². The second-order valence-electron chi connectivity index (χ2n) is 3.43. The third kappa shape index (κ3) is 6.20. The third-order valence-electron chi connectivity index (χ3n) is 2.06. The molecule has 0 amide bonds. The quantitative estimate of drug-likeness (QED) is 0.659. The Labute approximate surface area is 91.9 Å². The Morgan fingerprint density at radius 1 is 1.27 bits per heavy atom. The van der Waals surface area contributed by atoms with Crippen LogP contribution in [0, 0.1) is 0 Å². The molecule has 3 heteroatoms. The normalized spacial score (nSPS) is 10.5. The first-order valence-electron chi connectivity index (χ1n) is 5.62. The van der Waals surface area contributed by atoms with E-state index in [1.807, 2.05) is 18.3 Å². The van der Waals surface area contributed by atoms with Gasteiger partial charge in [0.2, 0.25) is 0 Å². The van der Waals surface area contributed by atoms with Crippen molar-refractivity contribution in [3.05, 3.63) is 30.1 Å². The number of hydrogen-bond donors (Lipinski definition) is 1. The van der Waals surface area contributed by atoms with E-state index in [4.69, 9.17) is 4.74 Å². The van der Waals surface area contributed by atoms with Crippen molar-refractivity contribution >= 4 is 0 Å². The Hall–Kier alpha value is -0.930. The van der Waals surface area contributed by atoms with Crippen molar-refractivity contribution in [2.75, 3.05) is 26.3 Å². The van der Waals surface area contributed by atoms with Crippen LogP contribution >= 0.6 is 0 Å². The topological polar surface area (TPSA) is 34.1 Å². The molecule has 0 fully saturated rings. The lowest BCUT2D eigenvalue weighted by Gasteiger charge is -2.04. The SMILES string of the molecule is CCCOCCNCCc1ccccn1. The molecule has 0 atom stereocenters. The van der Waals surface area contributed by atoms with Crippen molar-refractivity contribution in [3.63, 3.8) is 0 Å². The van der Waals surface area contributed by atoms with Crippen molar-refractivity contribution in [1.29, 1.82) is 0 Å². The zero-order valence-corrected chi connectivity index (χ0v) is 9.41. The van der Waals surface area contributed by atoms with Gasteiger partial charge in [-0.15, -0.1) is 0 Å². The van der Waals surface area contributed by atoms with Crippen molar-refractivity contribution in [3.8, 4) is 0 Å². The van der Waals surface area contributed by atoms with Crippen LogP contribution in [0.5, 0.6) is 0 Å². The second-order valence-corrected chi connectivity index (χ2v) is 3.43. The molecule has 1 aromatic rings. The van der Waals surface area contributed by atoms with Crippen LogP contribution in [0.1, 0.15) is 19.0 Å². The highest BCUT2D eigenvalue weighted by Gasteiger charge is 1.92. The van der Waals surface area contributed by atoms with E-state index < -0.39 is 0 Å². The van der Waals surface area contributed by atoms with Gasteiger partial charge in [-0.25, -0.2) is 0 Å². The molecule has 0 aliphatic carbocycles. The summed E-state index contributed by atoms with van der Waals surface area (Å²) in [7, 11) is 0. The molecule has 1 aromatic heterocycles. The molecular weight excluding hydrogens is 188 g/mol. The van der Waals surface area contributed by atoms with E-state index in [2.05, 4.69) is 23.3 Å². The molecule has 0 aliphatic heterocycles. The van der Waals surface area contributed by atoms with Gasteiger partial charge in [-0.3, -0.25) is 4.98 Å². The molecule has 15 heavy (non-hydrogen) atoms. The summed E-state index contributed by atoms with van der Waals surface area (Å²) in [5.74, 6) is 0. The largest absolute Gasteiger partial charge is 0.380 e. The maximum Gasteiger partial charge on any atom is 0.0590 e. The van der Waals surface area contributed by atoms with E-state index in [0.717, 1.165) is 44.8 Å². The van der Waals surface area contributed by atoms with Crippen molar-refractivity contribution < 1.29 is 4.74 Å². The van der Waals surface area contributed by atoms with Gasteiger partial charge in [0.25, 0.3) is 0 Å². The first-order valence-corrected chi connectivity index (χ1v) is 5.62.